The molecule has 0 bridgehead atoms. The van der Waals surface area contributed by atoms with Gasteiger partial charge >= 0.3 is 0 Å². The van der Waals surface area contributed by atoms with Crippen LogP contribution in [0.4, 0.5) is 0 Å². The summed E-state index contributed by atoms with van der Waals surface area (Å²) in [6, 6.07) is 3.56. The molecule has 0 saturated heterocycles. The molecule has 0 saturated carbocycles. The van der Waals surface area contributed by atoms with Gasteiger partial charge in [0.1, 0.15) is 0 Å². The van der Waals surface area contributed by atoms with Crippen molar-refractivity contribution in [1.29, 1.82) is 0 Å². The van der Waals surface area contributed by atoms with Crippen LogP contribution in [0.25, 0.3) is 0 Å². The lowest BCUT2D eigenvalue weighted by Crippen LogP contribution is -2.26. The van der Waals surface area contributed by atoms with Crippen LogP contribution in [0, 0.1) is 13.8 Å². The van der Waals surface area contributed by atoms with E-state index in [-0.39, 0.29) is 0 Å². The summed E-state index contributed by atoms with van der Waals surface area (Å²) in [5, 5.41) is 0. The SMILES string of the molecule is CSCCCNS(=O)(=O)c1cc(CN)c(C)cc1C. The molecular formula is C13H22N2O2S2. The van der Waals surface area contributed by atoms with Crippen LogP contribution in [-0.2, 0) is 16.6 Å². The molecule has 0 radical (unpaired) electrons. The summed E-state index contributed by atoms with van der Waals surface area (Å²) in [4.78, 5) is 0.336. The number of hydrogen-bond acceptors (Lipinski definition) is 4. The molecule has 0 amide bonds. The highest BCUT2D eigenvalue weighted by Crippen LogP contribution is 2.20. The minimum absolute atomic E-state index is 0.336. The first-order valence-corrected chi connectivity index (χ1v) is 9.09. The second-order valence-corrected chi connectivity index (χ2v) is 7.21. The molecule has 19 heavy (non-hydrogen) atoms. The number of benzene rings is 1. The number of nitrogens with one attached hydrogen (secondary N) is 1. The minimum atomic E-state index is -3.44. The molecule has 4 nitrogen and oxygen atoms in total. The summed E-state index contributed by atoms with van der Waals surface area (Å²) in [6.45, 7) is 4.57. The van der Waals surface area contributed by atoms with E-state index in [0.29, 0.717) is 18.0 Å². The quantitative estimate of drug-likeness (QED) is 0.753. The molecule has 0 aromatic heterocycles. The predicted octanol–water partition coefficient (Wildman–Crippen LogP) is 1.79. The van der Waals surface area contributed by atoms with Crippen LogP contribution >= 0.6 is 11.8 Å². The minimum Gasteiger partial charge on any atom is -0.326 e. The number of hydrogen-bond donors (Lipinski definition) is 2. The lowest BCUT2D eigenvalue weighted by atomic mass is 10.1. The Bertz CT molecular complexity index is 528. The fourth-order valence-electron chi connectivity index (χ4n) is 1.88. The maximum absolute atomic E-state index is 12.2. The first-order chi connectivity index (χ1) is 8.92. The highest BCUT2D eigenvalue weighted by Gasteiger charge is 2.17. The smallest absolute Gasteiger partial charge is 0.240 e. The zero-order chi connectivity index (χ0) is 14.5. The molecule has 0 unspecified atom stereocenters. The highest BCUT2D eigenvalue weighted by atomic mass is 32.2. The fraction of sp³-hybridized carbons (Fsp3) is 0.538. The first kappa shape index (κ1) is 16.5. The maximum Gasteiger partial charge on any atom is 0.240 e. The van der Waals surface area contributed by atoms with E-state index in [2.05, 4.69) is 4.72 Å². The van der Waals surface area contributed by atoms with Crippen molar-refractivity contribution in [3.8, 4) is 0 Å². The van der Waals surface area contributed by atoms with Gasteiger partial charge < -0.3 is 5.73 Å². The zero-order valence-corrected chi connectivity index (χ0v) is 13.3. The second-order valence-electron chi connectivity index (χ2n) is 4.49. The Morgan fingerprint density at radius 3 is 2.53 bits per heavy atom. The van der Waals surface area contributed by atoms with Gasteiger partial charge in [-0.05, 0) is 55.0 Å². The topological polar surface area (TPSA) is 72.2 Å². The summed E-state index contributed by atoms with van der Waals surface area (Å²) in [5.74, 6) is 0.948. The van der Waals surface area contributed by atoms with Crippen LogP contribution in [0.2, 0.25) is 0 Å². The Morgan fingerprint density at radius 2 is 1.95 bits per heavy atom. The molecule has 0 fully saturated rings. The van der Waals surface area contributed by atoms with Crippen molar-refractivity contribution in [3.63, 3.8) is 0 Å². The van der Waals surface area contributed by atoms with E-state index in [0.717, 1.165) is 28.9 Å². The third kappa shape index (κ3) is 4.49. The van der Waals surface area contributed by atoms with Gasteiger partial charge in [-0.15, -0.1) is 0 Å². The van der Waals surface area contributed by atoms with Crippen molar-refractivity contribution >= 4 is 21.8 Å². The van der Waals surface area contributed by atoms with E-state index < -0.39 is 10.0 Å². The molecule has 0 aliphatic carbocycles. The van der Waals surface area contributed by atoms with Crippen molar-refractivity contribution in [2.45, 2.75) is 31.7 Å². The van der Waals surface area contributed by atoms with Gasteiger partial charge in [0.15, 0.2) is 0 Å². The largest absolute Gasteiger partial charge is 0.326 e. The van der Waals surface area contributed by atoms with Crippen molar-refractivity contribution in [2.75, 3.05) is 18.6 Å². The molecule has 108 valence electrons. The van der Waals surface area contributed by atoms with Crippen LogP contribution < -0.4 is 10.5 Å². The van der Waals surface area contributed by atoms with Crippen LogP contribution in [0.3, 0.4) is 0 Å². The first-order valence-electron chi connectivity index (χ1n) is 6.21. The molecule has 0 spiro atoms. The molecule has 0 aliphatic rings. The Morgan fingerprint density at radius 1 is 1.26 bits per heavy atom. The standard InChI is InChI=1S/C13H22N2O2S2/c1-10-7-11(2)13(8-12(10)9-14)19(16,17)15-5-4-6-18-3/h7-8,15H,4-6,9,14H2,1-3H3. The summed E-state index contributed by atoms with van der Waals surface area (Å²) >= 11 is 1.71. The van der Waals surface area contributed by atoms with Gasteiger partial charge in [0.2, 0.25) is 10.0 Å². The Kier molecular flexibility index (Phi) is 6.32. The number of rotatable bonds is 7. The summed E-state index contributed by atoms with van der Waals surface area (Å²) in [7, 11) is -3.44. The van der Waals surface area contributed by atoms with Gasteiger partial charge in [0.05, 0.1) is 4.90 Å². The third-order valence-corrected chi connectivity index (χ3v) is 5.26. The molecular weight excluding hydrogens is 280 g/mol. The van der Waals surface area contributed by atoms with E-state index in [1.54, 1.807) is 17.8 Å². The van der Waals surface area contributed by atoms with Crippen LogP contribution in [0.15, 0.2) is 17.0 Å². The molecule has 1 aromatic carbocycles. The van der Waals surface area contributed by atoms with Gasteiger partial charge in [0, 0.05) is 13.1 Å². The number of aryl methyl sites for hydroxylation is 2. The van der Waals surface area contributed by atoms with Gasteiger partial charge in [0.25, 0.3) is 0 Å². The van der Waals surface area contributed by atoms with Crippen molar-refractivity contribution in [3.05, 3.63) is 28.8 Å². The molecule has 0 aliphatic heterocycles. The second kappa shape index (κ2) is 7.28. The molecule has 1 rings (SSSR count). The van der Waals surface area contributed by atoms with E-state index in [4.69, 9.17) is 5.73 Å². The normalized spacial score (nSPS) is 11.8. The van der Waals surface area contributed by atoms with E-state index in [1.165, 1.54) is 0 Å². The van der Waals surface area contributed by atoms with Crippen molar-refractivity contribution in [2.24, 2.45) is 5.73 Å². The van der Waals surface area contributed by atoms with Crippen LogP contribution in [-0.4, -0.2) is 27.0 Å². The third-order valence-electron chi connectivity index (χ3n) is 2.96. The Balaban J connectivity index is 2.94. The maximum atomic E-state index is 12.2. The van der Waals surface area contributed by atoms with Crippen molar-refractivity contribution < 1.29 is 8.42 Å². The number of thioether (sulfide) groups is 1. The summed E-state index contributed by atoms with van der Waals surface area (Å²) < 4.78 is 27.1. The van der Waals surface area contributed by atoms with Gasteiger partial charge in [-0.2, -0.15) is 11.8 Å². The van der Waals surface area contributed by atoms with E-state index >= 15 is 0 Å². The lowest BCUT2D eigenvalue weighted by Gasteiger charge is -2.12. The Hall–Kier alpha value is -0.560. The van der Waals surface area contributed by atoms with E-state index in [9.17, 15) is 8.42 Å². The van der Waals surface area contributed by atoms with Gasteiger partial charge in [-0.1, -0.05) is 6.07 Å². The molecule has 0 atom stereocenters. The predicted molar refractivity (Wildman–Crippen MR) is 82.0 cm³/mol. The van der Waals surface area contributed by atoms with Crippen LogP contribution in [0.5, 0.6) is 0 Å². The van der Waals surface area contributed by atoms with Gasteiger partial charge in [-0.3, -0.25) is 0 Å². The number of nitrogens with two attached hydrogens (primary N) is 1. The average Bonchev–Trinajstić information content (AvgIpc) is 2.34. The average molecular weight is 302 g/mol. The zero-order valence-electron chi connectivity index (χ0n) is 11.7. The summed E-state index contributed by atoms with van der Waals surface area (Å²) in [6.07, 6.45) is 2.83. The molecule has 0 heterocycles. The van der Waals surface area contributed by atoms with Gasteiger partial charge in [-0.25, -0.2) is 13.1 Å². The monoisotopic (exact) mass is 302 g/mol. The molecule has 6 heteroatoms. The number of sulfonamides is 1. The summed E-state index contributed by atoms with van der Waals surface area (Å²) in [5.41, 5.74) is 8.29. The van der Waals surface area contributed by atoms with E-state index in [1.807, 2.05) is 26.2 Å². The lowest BCUT2D eigenvalue weighted by molar-refractivity contribution is 0.580. The molecule has 1 aromatic rings. The Labute approximate surface area is 120 Å². The highest BCUT2D eigenvalue weighted by molar-refractivity contribution is 7.98. The van der Waals surface area contributed by atoms with Crippen molar-refractivity contribution in [1.82, 2.24) is 4.72 Å². The fourth-order valence-corrected chi connectivity index (χ4v) is 3.67. The van der Waals surface area contributed by atoms with Crippen LogP contribution in [0.1, 0.15) is 23.1 Å². The molecule has 3 N–H and O–H groups in total.